The number of aliphatic hydroxyl groups is 2. The number of unbranched alkanes of at least 4 members (excludes halogenated alkanes) is 2. The molecule has 1 saturated carbocycles. The van der Waals surface area contributed by atoms with E-state index in [0.29, 0.717) is 36.7 Å². The van der Waals surface area contributed by atoms with Crippen molar-refractivity contribution in [1.82, 2.24) is 9.88 Å². The average molecular weight is 866 g/mol. The number of alkyl halides is 1. The summed E-state index contributed by atoms with van der Waals surface area (Å²) in [4.78, 5) is 27.0. The van der Waals surface area contributed by atoms with Gasteiger partial charge in [0, 0.05) is 36.8 Å². The fraction of sp³-hybridized carbons (Fsp3) is 0.460. The number of fused-ring (bicyclic) bond motifs is 3. The Hall–Kier alpha value is -4.94. The summed E-state index contributed by atoms with van der Waals surface area (Å²) in [6.07, 6.45) is 8.37. The van der Waals surface area contributed by atoms with Crippen molar-refractivity contribution < 1.29 is 38.8 Å². The molecule has 6 atom stereocenters. The Morgan fingerprint density at radius 2 is 1.82 bits per heavy atom. The lowest BCUT2D eigenvalue weighted by Crippen LogP contribution is -2.70. The molecule has 1 amide bonds. The smallest absolute Gasteiger partial charge is 0.410 e. The summed E-state index contributed by atoms with van der Waals surface area (Å²) in [6.45, 7) is 9.11. The highest BCUT2D eigenvalue weighted by Crippen LogP contribution is 2.62. The van der Waals surface area contributed by atoms with Gasteiger partial charge in [0.25, 0.3) is 0 Å². The Balaban J connectivity index is 1.44. The Labute approximate surface area is 370 Å². The molecule has 62 heavy (non-hydrogen) atoms. The predicted molar refractivity (Wildman–Crippen MR) is 241 cm³/mol. The van der Waals surface area contributed by atoms with Crippen LogP contribution in [0.5, 0.6) is 11.5 Å². The van der Waals surface area contributed by atoms with Gasteiger partial charge in [0.1, 0.15) is 37.4 Å². The normalized spacial score (nSPS) is 23.1. The maximum absolute atomic E-state index is 14.7. The molecular formula is C50H60ClN3O8. The highest BCUT2D eigenvalue weighted by molar-refractivity contribution is 6.18. The second-order valence-electron chi connectivity index (χ2n) is 16.3. The number of amides is 1. The third kappa shape index (κ3) is 9.81. The molecule has 11 nitrogen and oxygen atoms in total. The number of aryl methyl sites for hydroxylation is 1. The summed E-state index contributed by atoms with van der Waals surface area (Å²) in [5.74, 6) is -0.563. The van der Waals surface area contributed by atoms with Gasteiger partial charge in [-0.25, -0.2) is 4.79 Å². The highest BCUT2D eigenvalue weighted by atomic mass is 35.5. The van der Waals surface area contributed by atoms with E-state index < -0.39 is 23.8 Å². The number of nitrogens with zero attached hydrogens (tertiary/aromatic N) is 3. The van der Waals surface area contributed by atoms with Crippen LogP contribution in [0, 0.1) is 24.7 Å². The van der Waals surface area contributed by atoms with Crippen LogP contribution in [0.25, 0.3) is 10.8 Å². The van der Waals surface area contributed by atoms with Crippen molar-refractivity contribution in [2.24, 2.45) is 22.9 Å². The Morgan fingerprint density at radius 1 is 1.03 bits per heavy atom. The molecule has 1 aliphatic heterocycles. The van der Waals surface area contributed by atoms with Gasteiger partial charge in [-0.1, -0.05) is 78.7 Å². The van der Waals surface area contributed by atoms with Gasteiger partial charge in [0.2, 0.25) is 5.79 Å². The van der Waals surface area contributed by atoms with Crippen molar-refractivity contribution in [3.63, 3.8) is 0 Å². The fourth-order valence-electron chi connectivity index (χ4n) is 9.84. The summed E-state index contributed by atoms with van der Waals surface area (Å²) >= 11 is 6.14. The number of carbonyl (C=O) groups excluding carboxylic acids is 1. The molecule has 0 saturated heterocycles. The number of oxime groups is 1. The first-order valence-electron chi connectivity index (χ1n) is 22.1. The van der Waals surface area contributed by atoms with Gasteiger partial charge < -0.3 is 34.0 Å². The molecule has 2 N–H and O–H groups in total. The zero-order chi connectivity index (χ0) is 43.5. The minimum atomic E-state index is -1.45. The molecule has 2 aliphatic carbocycles. The first-order valence-corrected chi connectivity index (χ1v) is 22.6. The summed E-state index contributed by atoms with van der Waals surface area (Å²) < 4.78 is 26.9. The van der Waals surface area contributed by atoms with Crippen LogP contribution >= 0.6 is 11.6 Å². The number of benzene rings is 3. The zero-order valence-electron chi connectivity index (χ0n) is 35.9. The molecule has 2 heterocycles. The predicted octanol–water partition coefficient (Wildman–Crippen LogP) is 9.65. The van der Waals surface area contributed by atoms with Crippen molar-refractivity contribution in [3.05, 3.63) is 126 Å². The number of allylic oxidation sites excluding steroid dienone is 1. The highest BCUT2D eigenvalue weighted by Gasteiger charge is 2.65. The van der Waals surface area contributed by atoms with Crippen molar-refractivity contribution in [1.29, 1.82) is 0 Å². The lowest BCUT2D eigenvalue weighted by Gasteiger charge is -2.59. The molecule has 1 fully saturated rings. The van der Waals surface area contributed by atoms with Crippen molar-refractivity contribution in [3.8, 4) is 11.5 Å². The van der Waals surface area contributed by atoms with E-state index in [1.54, 1.807) is 11.0 Å². The SMILES string of the molecule is C=CCO[C@@]12Oc3ccc(OCc4cccc(C)n4)cc3[C@H]3[C@H](CCCCO)[C@@H](CCCCO)C=C(C(=NOCC)C[C@@H]1N(Cc1cccc4ccccc14)C(=O)OCCCl)[C@H]32. The Bertz CT molecular complexity index is 2210. The lowest BCUT2D eigenvalue weighted by atomic mass is 9.55. The molecule has 0 bridgehead atoms. The number of carbonyl (C=O) groups is 1. The van der Waals surface area contributed by atoms with Gasteiger partial charge in [-0.3, -0.25) is 9.88 Å². The summed E-state index contributed by atoms with van der Waals surface area (Å²) in [5, 5.41) is 26.8. The Morgan fingerprint density at radius 3 is 2.60 bits per heavy atom. The van der Waals surface area contributed by atoms with Crippen molar-refractivity contribution >= 4 is 34.2 Å². The maximum Gasteiger partial charge on any atom is 0.410 e. The van der Waals surface area contributed by atoms with Crippen LogP contribution in [-0.2, 0) is 27.5 Å². The minimum absolute atomic E-state index is 0.0176. The molecule has 3 aliphatic rings. The molecule has 0 radical (unpaired) electrons. The van der Waals surface area contributed by atoms with Crippen LogP contribution in [-0.4, -0.2) is 82.6 Å². The molecule has 3 aromatic carbocycles. The van der Waals surface area contributed by atoms with Gasteiger partial charge >= 0.3 is 6.09 Å². The van der Waals surface area contributed by atoms with Gasteiger partial charge in [-0.2, -0.15) is 0 Å². The molecular weight excluding hydrogens is 806 g/mol. The largest absolute Gasteiger partial charge is 0.487 e. The summed E-state index contributed by atoms with van der Waals surface area (Å²) in [6, 6.07) is 25.3. The number of ether oxygens (including phenoxy) is 4. The molecule has 4 aromatic rings. The van der Waals surface area contributed by atoms with Gasteiger partial charge in [-0.15, -0.1) is 18.2 Å². The third-order valence-corrected chi connectivity index (χ3v) is 12.6. The molecule has 7 rings (SSSR count). The number of hydrogen-bond acceptors (Lipinski definition) is 10. The Kier molecular flexibility index (Phi) is 15.6. The maximum atomic E-state index is 14.7. The molecule has 0 unspecified atom stereocenters. The van der Waals surface area contributed by atoms with Crippen LogP contribution in [0.4, 0.5) is 4.79 Å². The van der Waals surface area contributed by atoms with E-state index in [1.165, 1.54) is 0 Å². The quantitative estimate of drug-likeness (QED) is 0.0364. The molecule has 0 spiro atoms. The number of aliphatic hydroxyl groups excluding tert-OH is 2. The third-order valence-electron chi connectivity index (χ3n) is 12.4. The summed E-state index contributed by atoms with van der Waals surface area (Å²) in [5.41, 5.74) is 5.30. The topological polar surface area (TPSA) is 132 Å². The average Bonchev–Trinajstić information content (AvgIpc) is 3.29. The number of pyridine rings is 1. The molecule has 12 heteroatoms. The van der Waals surface area contributed by atoms with Crippen molar-refractivity contribution in [2.75, 3.05) is 38.9 Å². The van der Waals surface area contributed by atoms with E-state index in [0.717, 1.165) is 64.5 Å². The van der Waals surface area contributed by atoms with E-state index in [1.807, 2.05) is 68.4 Å². The van der Waals surface area contributed by atoms with Crippen LogP contribution in [0.3, 0.4) is 0 Å². The van der Waals surface area contributed by atoms with Gasteiger partial charge in [-0.05, 0) is 104 Å². The number of rotatable bonds is 21. The van der Waals surface area contributed by atoms with E-state index >= 15 is 0 Å². The van der Waals surface area contributed by atoms with Crippen LogP contribution in [0.15, 0.2) is 108 Å². The zero-order valence-corrected chi connectivity index (χ0v) is 36.7. The van der Waals surface area contributed by atoms with E-state index in [4.69, 9.17) is 40.5 Å². The summed E-state index contributed by atoms with van der Waals surface area (Å²) in [7, 11) is 0. The number of hydrogen-bond donors (Lipinski definition) is 2. The molecule has 330 valence electrons. The first-order chi connectivity index (χ1) is 30.3. The van der Waals surface area contributed by atoms with Crippen LogP contribution in [0.2, 0.25) is 0 Å². The molecule has 1 aromatic heterocycles. The standard InChI is InChI=1S/C50H60ClN3O8/c1-4-27-60-50-46(54(49(57)58-28-24-51)32-37-18-13-17-35-15-6-7-20-40(35)37)31-44(53-61-5-2)42-29-36(16-8-10-25-55)41(21-9-11-26-56)47(48(42)50)43-30-39(22-23-45(43)62-50)59-33-38-19-12-14-34(3)52-38/h4,6-7,12-15,17-20,22-23,29-30,36,41,46-48,55-56H,1,5,8-11,16,21,24-28,31-33H2,2-3H3/t36-,41+,46-,47+,48+,50+/m0/s1. The van der Waals surface area contributed by atoms with Crippen molar-refractivity contribution in [2.45, 2.75) is 89.7 Å². The van der Waals surface area contributed by atoms with Crippen LogP contribution < -0.4 is 9.47 Å². The van der Waals surface area contributed by atoms with E-state index in [9.17, 15) is 15.0 Å². The second-order valence-corrected chi connectivity index (χ2v) is 16.7. The lowest BCUT2D eigenvalue weighted by molar-refractivity contribution is -0.256. The van der Waals surface area contributed by atoms with Crippen LogP contribution in [0.1, 0.15) is 80.3 Å². The number of aromatic nitrogens is 1. The monoisotopic (exact) mass is 865 g/mol. The fourth-order valence-corrected chi connectivity index (χ4v) is 9.92. The van der Waals surface area contributed by atoms with Gasteiger partial charge in [0.05, 0.1) is 36.4 Å². The second kappa shape index (κ2) is 21.4. The first kappa shape index (κ1) is 45.1. The van der Waals surface area contributed by atoms with E-state index in [2.05, 4.69) is 41.9 Å². The van der Waals surface area contributed by atoms with Gasteiger partial charge in [0.15, 0.2) is 0 Å². The van der Waals surface area contributed by atoms with E-state index in [-0.39, 0.29) is 69.6 Å². The minimum Gasteiger partial charge on any atom is -0.487 e. The number of halogens is 1.